The molecule has 0 atom stereocenters. The lowest BCUT2D eigenvalue weighted by molar-refractivity contribution is 0.717. The number of rotatable bonds is 3. The number of fused-ring (bicyclic) bond motifs is 2. The highest BCUT2D eigenvalue weighted by Crippen LogP contribution is 2.28. The van der Waals surface area contributed by atoms with Crippen LogP contribution in [0.5, 0.6) is 0 Å². The van der Waals surface area contributed by atoms with E-state index in [4.69, 9.17) is 10.7 Å². The van der Waals surface area contributed by atoms with Gasteiger partial charge in [-0.2, -0.15) is 0 Å². The monoisotopic (exact) mass is 317 g/mol. The van der Waals surface area contributed by atoms with Gasteiger partial charge in [-0.3, -0.25) is 0 Å². The highest BCUT2D eigenvalue weighted by Gasteiger charge is 2.19. The Morgan fingerprint density at radius 2 is 1.92 bits per heavy atom. The van der Waals surface area contributed by atoms with Crippen LogP contribution >= 0.6 is 0 Å². The fourth-order valence-electron chi connectivity index (χ4n) is 3.58. The van der Waals surface area contributed by atoms with Crippen molar-refractivity contribution in [2.45, 2.75) is 32.9 Å². The highest BCUT2D eigenvalue weighted by atomic mass is 15.2. The van der Waals surface area contributed by atoms with Crippen LogP contribution in [0.1, 0.15) is 29.2 Å². The van der Waals surface area contributed by atoms with Crippen LogP contribution in [0.2, 0.25) is 0 Å². The van der Waals surface area contributed by atoms with E-state index in [1.54, 1.807) is 0 Å². The maximum absolute atomic E-state index is 6.05. The summed E-state index contributed by atoms with van der Waals surface area (Å²) in [6.07, 6.45) is 2.10. The second-order valence-corrected chi connectivity index (χ2v) is 6.50. The van der Waals surface area contributed by atoms with Gasteiger partial charge in [0.25, 0.3) is 0 Å². The predicted octanol–water partition coefficient (Wildman–Crippen LogP) is 3.82. The van der Waals surface area contributed by atoms with Crippen molar-refractivity contribution in [3.63, 3.8) is 0 Å². The third-order valence-electron chi connectivity index (χ3n) is 4.99. The highest BCUT2D eigenvalue weighted by molar-refractivity contribution is 5.82. The van der Waals surface area contributed by atoms with E-state index in [-0.39, 0.29) is 0 Å². The van der Waals surface area contributed by atoms with E-state index >= 15 is 0 Å². The minimum atomic E-state index is 0.521. The van der Waals surface area contributed by atoms with Crippen LogP contribution in [0, 0.1) is 0 Å². The molecule has 0 bridgehead atoms. The van der Waals surface area contributed by atoms with E-state index in [1.165, 1.54) is 22.1 Å². The molecule has 2 aromatic carbocycles. The fourth-order valence-corrected chi connectivity index (χ4v) is 3.58. The van der Waals surface area contributed by atoms with E-state index in [1.807, 2.05) is 0 Å². The molecule has 4 rings (SSSR count). The van der Waals surface area contributed by atoms with Gasteiger partial charge in [0, 0.05) is 30.6 Å². The van der Waals surface area contributed by atoms with Gasteiger partial charge < -0.3 is 10.6 Å². The Morgan fingerprint density at radius 3 is 2.71 bits per heavy atom. The standard InChI is InChI=1S/C21H23N3/c1-2-15-7-8-20-18(11-15)12-19(13-22)21(23-20)24-10-9-16-5-3-4-6-17(16)14-24/h3-8,11-12H,2,9-10,13-14,22H2,1H3. The van der Waals surface area contributed by atoms with Gasteiger partial charge in [-0.15, -0.1) is 0 Å². The number of anilines is 1. The number of hydrogen-bond acceptors (Lipinski definition) is 3. The molecule has 2 heterocycles. The molecule has 0 amide bonds. The van der Waals surface area contributed by atoms with Gasteiger partial charge in [0.15, 0.2) is 0 Å². The van der Waals surface area contributed by atoms with Crippen LogP contribution < -0.4 is 10.6 Å². The molecule has 24 heavy (non-hydrogen) atoms. The first-order chi connectivity index (χ1) is 11.8. The normalized spacial score (nSPS) is 14.0. The average molecular weight is 317 g/mol. The summed E-state index contributed by atoms with van der Waals surface area (Å²) in [5.41, 5.74) is 12.4. The van der Waals surface area contributed by atoms with Crippen molar-refractivity contribution in [2.75, 3.05) is 11.4 Å². The molecule has 0 spiro atoms. The minimum absolute atomic E-state index is 0.521. The van der Waals surface area contributed by atoms with Crippen LogP contribution in [0.4, 0.5) is 5.82 Å². The molecule has 3 heteroatoms. The van der Waals surface area contributed by atoms with Gasteiger partial charge >= 0.3 is 0 Å². The summed E-state index contributed by atoms with van der Waals surface area (Å²) >= 11 is 0. The molecule has 0 unspecified atom stereocenters. The Hall–Kier alpha value is -2.39. The first-order valence-electron chi connectivity index (χ1n) is 8.73. The molecule has 0 saturated carbocycles. The van der Waals surface area contributed by atoms with Crippen LogP contribution in [-0.4, -0.2) is 11.5 Å². The summed E-state index contributed by atoms with van der Waals surface area (Å²) in [5, 5.41) is 1.19. The smallest absolute Gasteiger partial charge is 0.134 e. The summed E-state index contributed by atoms with van der Waals surface area (Å²) < 4.78 is 0. The molecule has 0 fully saturated rings. The maximum Gasteiger partial charge on any atom is 0.134 e. The number of hydrogen-bond donors (Lipinski definition) is 1. The Kier molecular flexibility index (Phi) is 3.95. The van der Waals surface area contributed by atoms with Gasteiger partial charge in [-0.25, -0.2) is 4.98 Å². The quantitative estimate of drug-likeness (QED) is 0.798. The molecule has 0 saturated heterocycles. The Balaban J connectivity index is 1.76. The first kappa shape index (κ1) is 15.2. The lowest BCUT2D eigenvalue weighted by atomic mass is 9.99. The zero-order chi connectivity index (χ0) is 16.5. The van der Waals surface area contributed by atoms with Crippen LogP contribution in [0.15, 0.2) is 48.5 Å². The molecule has 1 aliphatic heterocycles. The van der Waals surface area contributed by atoms with E-state index in [0.29, 0.717) is 6.54 Å². The second-order valence-electron chi connectivity index (χ2n) is 6.50. The summed E-state index contributed by atoms with van der Waals surface area (Å²) in [6.45, 7) is 4.61. The van der Waals surface area contributed by atoms with Gasteiger partial charge in [0.05, 0.1) is 5.52 Å². The second kappa shape index (κ2) is 6.25. The van der Waals surface area contributed by atoms with Crippen LogP contribution in [0.3, 0.4) is 0 Å². The zero-order valence-electron chi connectivity index (χ0n) is 14.1. The largest absolute Gasteiger partial charge is 0.352 e. The van der Waals surface area contributed by atoms with Crippen molar-refractivity contribution in [3.05, 3.63) is 70.8 Å². The molecule has 2 N–H and O–H groups in total. The number of aryl methyl sites for hydroxylation is 1. The van der Waals surface area contributed by atoms with E-state index in [2.05, 4.69) is 60.4 Å². The fraction of sp³-hybridized carbons (Fsp3) is 0.286. The van der Waals surface area contributed by atoms with Crippen molar-refractivity contribution in [1.82, 2.24) is 4.98 Å². The Morgan fingerprint density at radius 1 is 1.08 bits per heavy atom. The molecule has 3 nitrogen and oxygen atoms in total. The van der Waals surface area contributed by atoms with Crippen LogP contribution in [-0.2, 0) is 25.9 Å². The third-order valence-corrected chi connectivity index (χ3v) is 4.99. The average Bonchev–Trinajstić information content (AvgIpc) is 2.66. The van der Waals surface area contributed by atoms with Crippen molar-refractivity contribution >= 4 is 16.7 Å². The topological polar surface area (TPSA) is 42.2 Å². The number of aromatic nitrogens is 1. The van der Waals surface area contributed by atoms with Crippen molar-refractivity contribution in [1.29, 1.82) is 0 Å². The summed E-state index contributed by atoms with van der Waals surface area (Å²) in [4.78, 5) is 7.34. The van der Waals surface area contributed by atoms with E-state index < -0.39 is 0 Å². The number of nitrogens with zero attached hydrogens (tertiary/aromatic N) is 2. The SMILES string of the molecule is CCc1ccc2nc(N3CCc4ccccc4C3)c(CN)cc2c1. The zero-order valence-corrected chi connectivity index (χ0v) is 14.1. The van der Waals surface area contributed by atoms with Gasteiger partial charge in [-0.1, -0.05) is 37.3 Å². The molecule has 3 aromatic rings. The van der Waals surface area contributed by atoms with Gasteiger partial charge in [0.2, 0.25) is 0 Å². The number of nitrogens with two attached hydrogens (primary N) is 1. The Bertz CT molecular complexity index is 885. The summed E-state index contributed by atoms with van der Waals surface area (Å²) in [5.74, 6) is 1.05. The molecule has 0 aliphatic carbocycles. The summed E-state index contributed by atoms with van der Waals surface area (Å²) in [7, 11) is 0. The molecule has 1 aliphatic rings. The molecule has 1 aromatic heterocycles. The first-order valence-corrected chi connectivity index (χ1v) is 8.73. The minimum Gasteiger partial charge on any atom is -0.352 e. The summed E-state index contributed by atoms with van der Waals surface area (Å²) in [6, 6.07) is 17.5. The Labute approximate surface area is 143 Å². The maximum atomic E-state index is 6.05. The van der Waals surface area contributed by atoms with Crippen molar-refractivity contribution in [3.8, 4) is 0 Å². The predicted molar refractivity (Wildman–Crippen MR) is 100 cm³/mol. The van der Waals surface area contributed by atoms with Crippen LogP contribution in [0.25, 0.3) is 10.9 Å². The number of pyridine rings is 1. The van der Waals surface area contributed by atoms with Gasteiger partial charge in [0.1, 0.15) is 5.82 Å². The molecular weight excluding hydrogens is 294 g/mol. The van der Waals surface area contributed by atoms with Gasteiger partial charge in [-0.05, 0) is 47.7 Å². The van der Waals surface area contributed by atoms with Crippen molar-refractivity contribution in [2.24, 2.45) is 5.73 Å². The number of benzene rings is 2. The molecule has 122 valence electrons. The lowest BCUT2D eigenvalue weighted by Gasteiger charge is -2.31. The third kappa shape index (κ3) is 2.65. The van der Waals surface area contributed by atoms with E-state index in [9.17, 15) is 0 Å². The lowest BCUT2D eigenvalue weighted by Crippen LogP contribution is -2.32. The molecule has 0 radical (unpaired) electrons. The van der Waals surface area contributed by atoms with E-state index in [0.717, 1.165) is 42.8 Å². The van der Waals surface area contributed by atoms with Crippen molar-refractivity contribution < 1.29 is 0 Å². The molecular formula is C21H23N3.